The maximum atomic E-state index is 5.60. The van der Waals surface area contributed by atoms with E-state index in [4.69, 9.17) is 4.42 Å². The zero-order valence-corrected chi connectivity index (χ0v) is 12.0. The molecule has 18 heavy (non-hydrogen) atoms. The van der Waals surface area contributed by atoms with Gasteiger partial charge in [0.15, 0.2) is 0 Å². The highest BCUT2D eigenvalue weighted by atomic mass is 16.4. The summed E-state index contributed by atoms with van der Waals surface area (Å²) in [4.78, 5) is 0. The van der Waals surface area contributed by atoms with Gasteiger partial charge in [-0.2, -0.15) is 0 Å². The molecule has 0 spiro atoms. The number of rotatable bonds is 9. The first-order valence-corrected chi connectivity index (χ1v) is 6.98. The van der Waals surface area contributed by atoms with Gasteiger partial charge in [-0.1, -0.05) is 38.2 Å². The molecule has 5 heteroatoms. The molecule has 0 aliphatic rings. The van der Waals surface area contributed by atoms with Crippen molar-refractivity contribution in [2.45, 2.75) is 65.0 Å². The lowest BCUT2D eigenvalue weighted by atomic mass is 10.1. The third kappa shape index (κ3) is 4.64. The molecule has 0 aromatic carbocycles. The minimum atomic E-state index is 0.0910. The summed E-state index contributed by atoms with van der Waals surface area (Å²) in [6, 6.07) is 1.07. The van der Waals surface area contributed by atoms with Crippen LogP contribution in [0.25, 0.3) is 0 Å². The first-order chi connectivity index (χ1) is 8.71. The summed E-state index contributed by atoms with van der Waals surface area (Å²) < 4.78 is 5.60. The molecule has 0 amide bonds. The average Bonchev–Trinajstić information content (AvgIpc) is 2.83. The molecule has 1 heterocycles. The summed E-state index contributed by atoms with van der Waals surface area (Å²) in [6.07, 6.45) is 5.90. The normalized spacial score (nSPS) is 14.4. The van der Waals surface area contributed by atoms with Crippen molar-refractivity contribution in [3.8, 4) is 0 Å². The van der Waals surface area contributed by atoms with E-state index in [1.165, 1.54) is 12.8 Å². The van der Waals surface area contributed by atoms with Crippen molar-refractivity contribution in [2.75, 3.05) is 12.4 Å². The van der Waals surface area contributed by atoms with Crippen molar-refractivity contribution in [1.29, 1.82) is 0 Å². The smallest absolute Gasteiger partial charge is 0.315 e. The number of hydrogen-bond acceptors (Lipinski definition) is 5. The largest absolute Gasteiger partial charge is 0.406 e. The molecule has 0 saturated carbocycles. The summed E-state index contributed by atoms with van der Waals surface area (Å²) in [5, 5.41) is 14.5. The van der Waals surface area contributed by atoms with E-state index in [1.54, 1.807) is 0 Å². The predicted octanol–water partition coefficient (Wildman–Crippen LogP) is 3.12. The summed E-state index contributed by atoms with van der Waals surface area (Å²) in [7, 11) is 1.88. The number of hydrogen-bond donors (Lipinski definition) is 2. The Morgan fingerprint density at radius 3 is 2.56 bits per heavy atom. The van der Waals surface area contributed by atoms with E-state index in [9.17, 15) is 0 Å². The zero-order chi connectivity index (χ0) is 13.4. The van der Waals surface area contributed by atoms with Crippen LogP contribution < -0.4 is 10.6 Å². The molecule has 0 radical (unpaired) electrons. The molecule has 0 bridgehead atoms. The number of aromatic nitrogens is 2. The minimum absolute atomic E-state index is 0.0910. The lowest BCUT2D eigenvalue weighted by molar-refractivity contribution is 0.434. The molecule has 0 fully saturated rings. The zero-order valence-electron chi connectivity index (χ0n) is 12.0. The maximum absolute atomic E-state index is 5.60. The number of nitrogens with one attached hydrogen (secondary N) is 2. The highest BCUT2D eigenvalue weighted by molar-refractivity contribution is 5.19. The molecular formula is C13H26N4O. The molecule has 104 valence electrons. The molecule has 1 aromatic heterocycles. The first-order valence-electron chi connectivity index (χ1n) is 6.98. The van der Waals surface area contributed by atoms with Crippen LogP contribution in [0.15, 0.2) is 4.42 Å². The van der Waals surface area contributed by atoms with E-state index in [0.29, 0.717) is 17.9 Å². The van der Waals surface area contributed by atoms with Crippen LogP contribution in [-0.4, -0.2) is 23.3 Å². The van der Waals surface area contributed by atoms with Gasteiger partial charge in [0.25, 0.3) is 0 Å². The quantitative estimate of drug-likeness (QED) is 0.709. The molecule has 2 N–H and O–H groups in total. The SMILES string of the molecule is CCCCC(CCC)Nc1nnc(C(C)NC)o1. The molecule has 2 atom stereocenters. The van der Waals surface area contributed by atoms with Gasteiger partial charge >= 0.3 is 6.01 Å². The van der Waals surface area contributed by atoms with E-state index in [-0.39, 0.29) is 6.04 Å². The van der Waals surface area contributed by atoms with Crippen molar-refractivity contribution >= 4 is 6.01 Å². The van der Waals surface area contributed by atoms with Crippen LogP contribution >= 0.6 is 0 Å². The predicted molar refractivity (Wildman–Crippen MR) is 73.6 cm³/mol. The van der Waals surface area contributed by atoms with E-state index < -0.39 is 0 Å². The lowest BCUT2D eigenvalue weighted by Gasteiger charge is -2.15. The van der Waals surface area contributed by atoms with Crippen molar-refractivity contribution in [3.05, 3.63) is 5.89 Å². The van der Waals surface area contributed by atoms with Crippen LogP contribution in [0.1, 0.15) is 64.8 Å². The minimum Gasteiger partial charge on any atom is -0.406 e. The van der Waals surface area contributed by atoms with Gasteiger partial charge in [-0.15, -0.1) is 5.10 Å². The molecule has 1 aromatic rings. The van der Waals surface area contributed by atoms with Gasteiger partial charge in [0, 0.05) is 6.04 Å². The van der Waals surface area contributed by atoms with E-state index in [2.05, 4.69) is 34.7 Å². The number of unbranched alkanes of at least 4 members (excludes halogenated alkanes) is 1. The third-order valence-electron chi connectivity index (χ3n) is 3.11. The van der Waals surface area contributed by atoms with Gasteiger partial charge in [-0.25, -0.2) is 0 Å². The Kier molecular flexibility index (Phi) is 6.72. The van der Waals surface area contributed by atoms with Crippen molar-refractivity contribution < 1.29 is 4.42 Å². The van der Waals surface area contributed by atoms with Gasteiger partial charge in [-0.05, 0) is 26.8 Å². The fourth-order valence-electron chi connectivity index (χ4n) is 1.85. The summed E-state index contributed by atoms with van der Waals surface area (Å²) in [5.74, 6) is 0.630. The van der Waals surface area contributed by atoms with Gasteiger partial charge in [0.2, 0.25) is 5.89 Å². The van der Waals surface area contributed by atoms with Crippen LogP contribution in [0.3, 0.4) is 0 Å². The van der Waals surface area contributed by atoms with Gasteiger partial charge in [0.1, 0.15) is 0 Å². The topological polar surface area (TPSA) is 63.0 Å². The Labute approximate surface area is 110 Å². The van der Waals surface area contributed by atoms with Crippen LogP contribution in [0, 0.1) is 0 Å². The van der Waals surface area contributed by atoms with Crippen molar-refractivity contribution in [1.82, 2.24) is 15.5 Å². The molecule has 2 unspecified atom stereocenters. The molecule has 0 aliphatic carbocycles. The highest BCUT2D eigenvalue weighted by Gasteiger charge is 2.14. The molecule has 5 nitrogen and oxygen atoms in total. The standard InChI is InChI=1S/C13H26N4O/c1-5-7-9-11(8-6-2)15-13-17-16-12(18-13)10(3)14-4/h10-11,14H,5-9H2,1-4H3,(H,15,17). The van der Waals surface area contributed by atoms with Gasteiger partial charge in [-0.3, -0.25) is 0 Å². The third-order valence-corrected chi connectivity index (χ3v) is 3.11. The van der Waals surface area contributed by atoms with Crippen molar-refractivity contribution in [3.63, 3.8) is 0 Å². The Balaban J connectivity index is 2.54. The number of anilines is 1. The maximum Gasteiger partial charge on any atom is 0.315 e. The Hall–Kier alpha value is -1.10. The fourth-order valence-corrected chi connectivity index (χ4v) is 1.85. The van der Waals surface area contributed by atoms with E-state index in [0.717, 1.165) is 19.3 Å². The Bertz CT molecular complexity index is 327. The second-order valence-electron chi connectivity index (χ2n) is 4.73. The second kappa shape index (κ2) is 8.08. The average molecular weight is 254 g/mol. The lowest BCUT2D eigenvalue weighted by Crippen LogP contribution is -2.19. The van der Waals surface area contributed by atoms with Crippen molar-refractivity contribution in [2.24, 2.45) is 0 Å². The second-order valence-corrected chi connectivity index (χ2v) is 4.73. The van der Waals surface area contributed by atoms with E-state index >= 15 is 0 Å². The van der Waals surface area contributed by atoms with Crippen LogP contribution in [0.2, 0.25) is 0 Å². The van der Waals surface area contributed by atoms with Crippen LogP contribution in [-0.2, 0) is 0 Å². The summed E-state index contributed by atoms with van der Waals surface area (Å²) >= 11 is 0. The Morgan fingerprint density at radius 2 is 1.94 bits per heavy atom. The van der Waals surface area contributed by atoms with Gasteiger partial charge < -0.3 is 15.1 Å². The Morgan fingerprint density at radius 1 is 1.17 bits per heavy atom. The first kappa shape index (κ1) is 15.0. The van der Waals surface area contributed by atoms with E-state index in [1.807, 2.05) is 14.0 Å². The molecule has 1 rings (SSSR count). The summed E-state index contributed by atoms with van der Waals surface area (Å²) in [6.45, 7) is 6.41. The molecular weight excluding hydrogens is 228 g/mol. The highest BCUT2D eigenvalue weighted by Crippen LogP contribution is 2.17. The monoisotopic (exact) mass is 254 g/mol. The van der Waals surface area contributed by atoms with Crippen LogP contribution in [0.5, 0.6) is 0 Å². The van der Waals surface area contributed by atoms with Gasteiger partial charge in [0.05, 0.1) is 6.04 Å². The van der Waals surface area contributed by atoms with Crippen LogP contribution in [0.4, 0.5) is 6.01 Å². The molecule has 0 aliphatic heterocycles. The molecule has 0 saturated heterocycles. The number of nitrogens with zero attached hydrogens (tertiary/aromatic N) is 2. The fraction of sp³-hybridized carbons (Fsp3) is 0.846. The summed E-state index contributed by atoms with van der Waals surface area (Å²) in [5.41, 5.74) is 0.